The second-order valence-electron chi connectivity index (χ2n) is 3.31. The number of hydrogen-bond donors (Lipinski definition) is 1. The molecular formula is C9H19NO. The second-order valence-corrected chi connectivity index (χ2v) is 3.31. The number of hydrogen-bond acceptors (Lipinski definition) is 2. The molecule has 2 heteroatoms. The van der Waals surface area contributed by atoms with Crippen LogP contribution in [0.2, 0.25) is 0 Å². The van der Waals surface area contributed by atoms with Crippen molar-refractivity contribution in [2.75, 3.05) is 7.05 Å². The molecule has 1 N–H and O–H groups in total. The van der Waals surface area contributed by atoms with Crippen LogP contribution in [-0.2, 0) is 4.79 Å². The highest BCUT2D eigenvalue weighted by molar-refractivity contribution is 5.84. The summed E-state index contributed by atoms with van der Waals surface area (Å²) in [6, 6.07) is 0.0670. The summed E-state index contributed by atoms with van der Waals surface area (Å²) < 4.78 is 0. The molecule has 11 heavy (non-hydrogen) atoms. The second kappa shape index (κ2) is 5.30. The SMILES string of the molecule is CC[C@H](NC)C(=O)CC(C)C. The minimum Gasteiger partial charge on any atom is -0.311 e. The predicted molar refractivity (Wildman–Crippen MR) is 47.6 cm³/mol. The molecule has 0 aliphatic rings. The zero-order chi connectivity index (χ0) is 8.85. The van der Waals surface area contributed by atoms with Gasteiger partial charge in [0.2, 0.25) is 0 Å². The maximum atomic E-state index is 11.4. The van der Waals surface area contributed by atoms with E-state index >= 15 is 0 Å². The molecule has 0 spiro atoms. The lowest BCUT2D eigenvalue weighted by atomic mass is 10.0. The summed E-state index contributed by atoms with van der Waals surface area (Å²) >= 11 is 0. The maximum Gasteiger partial charge on any atom is 0.149 e. The van der Waals surface area contributed by atoms with Gasteiger partial charge in [-0.2, -0.15) is 0 Å². The van der Waals surface area contributed by atoms with Gasteiger partial charge >= 0.3 is 0 Å². The van der Waals surface area contributed by atoms with Crippen LogP contribution < -0.4 is 5.32 Å². The first kappa shape index (κ1) is 10.6. The molecule has 0 rings (SSSR count). The molecule has 0 fully saturated rings. The zero-order valence-corrected chi connectivity index (χ0v) is 7.98. The molecule has 0 aliphatic heterocycles. The van der Waals surface area contributed by atoms with Gasteiger partial charge in [0.25, 0.3) is 0 Å². The van der Waals surface area contributed by atoms with E-state index in [0.717, 1.165) is 6.42 Å². The van der Waals surface area contributed by atoms with Crippen LogP contribution in [0.3, 0.4) is 0 Å². The van der Waals surface area contributed by atoms with E-state index < -0.39 is 0 Å². The summed E-state index contributed by atoms with van der Waals surface area (Å²) in [6.45, 7) is 6.17. The van der Waals surface area contributed by atoms with Gasteiger partial charge in [0.05, 0.1) is 6.04 Å². The highest BCUT2D eigenvalue weighted by Crippen LogP contribution is 2.04. The van der Waals surface area contributed by atoms with Gasteiger partial charge in [-0.25, -0.2) is 0 Å². The van der Waals surface area contributed by atoms with Crippen molar-refractivity contribution < 1.29 is 4.79 Å². The molecular weight excluding hydrogens is 138 g/mol. The number of carbonyl (C=O) groups is 1. The lowest BCUT2D eigenvalue weighted by Crippen LogP contribution is -2.33. The van der Waals surface area contributed by atoms with Gasteiger partial charge in [-0.15, -0.1) is 0 Å². The van der Waals surface area contributed by atoms with Gasteiger partial charge in [-0.05, 0) is 19.4 Å². The van der Waals surface area contributed by atoms with Crippen molar-refractivity contribution in [1.82, 2.24) is 5.32 Å². The molecule has 0 unspecified atom stereocenters. The topological polar surface area (TPSA) is 29.1 Å². The van der Waals surface area contributed by atoms with Crippen molar-refractivity contribution in [1.29, 1.82) is 0 Å². The molecule has 0 bridgehead atoms. The van der Waals surface area contributed by atoms with Crippen molar-refractivity contribution in [2.45, 2.75) is 39.7 Å². The summed E-state index contributed by atoms with van der Waals surface area (Å²) in [4.78, 5) is 11.4. The largest absolute Gasteiger partial charge is 0.311 e. The molecule has 0 aliphatic carbocycles. The number of ketones is 1. The first-order valence-electron chi connectivity index (χ1n) is 4.31. The Balaban J connectivity index is 3.79. The Kier molecular flexibility index (Phi) is 5.12. The summed E-state index contributed by atoms with van der Waals surface area (Å²) in [5, 5.41) is 3.01. The first-order chi connectivity index (χ1) is 5.11. The lowest BCUT2D eigenvalue weighted by Gasteiger charge is -2.13. The number of Topliss-reactive ketones (excluding diaryl/α,β-unsaturated/α-hetero) is 1. The quantitative estimate of drug-likeness (QED) is 0.656. The van der Waals surface area contributed by atoms with Crippen LogP contribution in [-0.4, -0.2) is 18.9 Å². The molecule has 0 saturated heterocycles. The fourth-order valence-electron chi connectivity index (χ4n) is 1.14. The molecule has 0 saturated carbocycles. The van der Waals surface area contributed by atoms with E-state index in [2.05, 4.69) is 19.2 Å². The van der Waals surface area contributed by atoms with Gasteiger partial charge in [-0.1, -0.05) is 20.8 Å². The standard InChI is InChI=1S/C9H19NO/c1-5-8(10-4)9(11)6-7(2)3/h7-8,10H,5-6H2,1-4H3/t8-/m0/s1. The summed E-state index contributed by atoms with van der Waals surface area (Å²) in [5.41, 5.74) is 0. The third kappa shape index (κ3) is 4.14. The minimum absolute atomic E-state index is 0.0670. The van der Waals surface area contributed by atoms with E-state index in [1.54, 1.807) is 0 Å². The Hall–Kier alpha value is -0.370. The molecule has 0 aromatic carbocycles. The van der Waals surface area contributed by atoms with Crippen LogP contribution in [0.4, 0.5) is 0 Å². The van der Waals surface area contributed by atoms with Crippen LogP contribution in [0.5, 0.6) is 0 Å². The lowest BCUT2D eigenvalue weighted by molar-refractivity contribution is -0.121. The van der Waals surface area contributed by atoms with Gasteiger partial charge < -0.3 is 5.32 Å². The van der Waals surface area contributed by atoms with Gasteiger partial charge in [0.15, 0.2) is 0 Å². The smallest absolute Gasteiger partial charge is 0.149 e. The Morgan fingerprint density at radius 2 is 2.00 bits per heavy atom. The van der Waals surface area contributed by atoms with E-state index in [9.17, 15) is 4.79 Å². The number of nitrogens with one attached hydrogen (secondary N) is 1. The highest BCUT2D eigenvalue weighted by atomic mass is 16.1. The Bertz CT molecular complexity index is 117. The van der Waals surface area contributed by atoms with E-state index in [0.29, 0.717) is 18.1 Å². The molecule has 1 atom stereocenters. The first-order valence-corrected chi connectivity index (χ1v) is 4.31. The normalized spacial score (nSPS) is 13.5. The van der Waals surface area contributed by atoms with Crippen LogP contribution in [0, 0.1) is 5.92 Å². The molecule has 0 aromatic heterocycles. The van der Waals surface area contributed by atoms with Crippen molar-refractivity contribution in [3.8, 4) is 0 Å². The zero-order valence-electron chi connectivity index (χ0n) is 7.98. The molecule has 0 amide bonds. The summed E-state index contributed by atoms with van der Waals surface area (Å²) in [6.07, 6.45) is 1.58. The van der Waals surface area contributed by atoms with Gasteiger partial charge in [0, 0.05) is 6.42 Å². The highest BCUT2D eigenvalue weighted by Gasteiger charge is 2.14. The fraction of sp³-hybridized carbons (Fsp3) is 0.889. The van der Waals surface area contributed by atoms with Crippen molar-refractivity contribution in [3.63, 3.8) is 0 Å². The molecule has 0 heterocycles. The number of rotatable bonds is 5. The van der Waals surface area contributed by atoms with E-state index in [1.807, 2.05) is 14.0 Å². The molecule has 66 valence electrons. The van der Waals surface area contributed by atoms with Gasteiger partial charge in [-0.3, -0.25) is 4.79 Å². The Morgan fingerprint density at radius 1 is 1.45 bits per heavy atom. The predicted octanol–water partition coefficient (Wildman–Crippen LogP) is 1.60. The van der Waals surface area contributed by atoms with Crippen molar-refractivity contribution in [2.24, 2.45) is 5.92 Å². The fourth-order valence-corrected chi connectivity index (χ4v) is 1.14. The molecule has 0 aromatic rings. The van der Waals surface area contributed by atoms with E-state index in [4.69, 9.17) is 0 Å². The Morgan fingerprint density at radius 3 is 2.27 bits per heavy atom. The van der Waals surface area contributed by atoms with Crippen LogP contribution in [0.1, 0.15) is 33.6 Å². The maximum absolute atomic E-state index is 11.4. The van der Waals surface area contributed by atoms with Crippen LogP contribution in [0.25, 0.3) is 0 Å². The van der Waals surface area contributed by atoms with Crippen LogP contribution >= 0.6 is 0 Å². The number of carbonyl (C=O) groups excluding carboxylic acids is 1. The monoisotopic (exact) mass is 157 g/mol. The van der Waals surface area contributed by atoms with E-state index in [1.165, 1.54) is 0 Å². The summed E-state index contributed by atoms with van der Waals surface area (Å²) in [5.74, 6) is 0.815. The number of likely N-dealkylation sites (N-methyl/N-ethyl adjacent to an activating group) is 1. The minimum atomic E-state index is 0.0670. The van der Waals surface area contributed by atoms with E-state index in [-0.39, 0.29) is 6.04 Å². The molecule has 0 radical (unpaired) electrons. The van der Waals surface area contributed by atoms with Crippen LogP contribution in [0.15, 0.2) is 0 Å². The van der Waals surface area contributed by atoms with Gasteiger partial charge in [0.1, 0.15) is 5.78 Å². The Labute approximate surface area is 69.4 Å². The molecule has 2 nitrogen and oxygen atoms in total. The average molecular weight is 157 g/mol. The third-order valence-electron chi connectivity index (χ3n) is 1.75. The van der Waals surface area contributed by atoms with Crippen molar-refractivity contribution >= 4 is 5.78 Å². The van der Waals surface area contributed by atoms with Crippen molar-refractivity contribution in [3.05, 3.63) is 0 Å². The third-order valence-corrected chi connectivity index (χ3v) is 1.75. The summed E-state index contributed by atoms with van der Waals surface area (Å²) in [7, 11) is 1.84. The average Bonchev–Trinajstić information content (AvgIpc) is 1.88.